The number of hydrogen-bond donors (Lipinski definition) is 2. The lowest BCUT2D eigenvalue weighted by atomic mass is 10.00. The number of carbonyl (C=O) groups is 2. The van der Waals surface area contributed by atoms with Crippen molar-refractivity contribution in [2.45, 2.75) is 77.6 Å². The molecule has 2 aromatic heterocycles. The highest BCUT2D eigenvalue weighted by atomic mass is 19.4. The summed E-state index contributed by atoms with van der Waals surface area (Å²) >= 11 is 0. The molecule has 0 bridgehead atoms. The molecule has 6 aliphatic rings. The molecule has 80 heavy (non-hydrogen) atoms. The quantitative estimate of drug-likeness (QED) is 0.148. The van der Waals surface area contributed by atoms with E-state index in [0.717, 1.165) is 33.4 Å². The van der Waals surface area contributed by atoms with E-state index in [1.807, 2.05) is 38.1 Å². The molecule has 6 aliphatic heterocycles. The Morgan fingerprint density at radius 1 is 0.537 bits per heavy atom. The van der Waals surface area contributed by atoms with Crippen LogP contribution < -0.4 is 30.2 Å². The standard InChI is InChI=1S/2C28H34F5N5O2/c2*1-18-3-4-22(34-26(39)37-6-5-20(16-37)14-28(31,32)33)13-23(18)21-11-24(36-7-9-40-10-8-36)35-25(12-21)38-15-19(2)27(29,30)17-38/h2*3-4,11-13,19-20H,5-10,14-17H2,1-2H3,(H,34,39)/t19-,20+;19-,20-/m10/s1. The van der Waals surface area contributed by atoms with Gasteiger partial charge < -0.3 is 49.5 Å². The first-order valence-electron chi connectivity index (χ1n) is 27.2. The normalized spacial score (nSPS) is 23.1. The van der Waals surface area contributed by atoms with Crippen molar-refractivity contribution in [3.8, 4) is 22.3 Å². The predicted octanol–water partition coefficient (Wildman–Crippen LogP) is 11.6. The third-order valence-electron chi connectivity index (χ3n) is 15.9. The van der Waals surface area contributed by atoms with Gasteiger partial charge in [-0.15, -0.1) is 0 Å². The number of aryl methyl sites for hydroxylation is 2. The second-order valence-electron chi connectivity index (χ2n) is 22.2. The van der Waals surface area contributed by atoms with Gasteiger partial charge in [0.1, 0.15) is 23.3 Å². The Morgan fingerprint density at radius 2 is 0.887 bits per heavy atom. The molecular formula is C56H68F10N10O4. The first-order valence-corrected chi connectivity index (χ1v) is 27.2. The first kappa shape index (κ1) is 58.4. The average molecular weight is 1140 g/mol. The van der Waals surface area contributed by atoms with E-state index < -0.39 is 85.9 Å². The Morgan fingerprint density at radius 3 is 1.21 bits per heavy atom. The molecule has 4 aromatic rings. The Labute approximate surface area is 458 Å². The van der Waals surface area contributed by atoms with E-state index in [-0.39, 0.29) is 39.3 Å². The Kier molecular flexibility index (Phi) is 17.3. The Balaban J connectivity index is 0.000000194. The maximum atomic E-state index is 14.4. The largest absolute Gasteiger partial charge is 0.389 e. The van der Waals surface area contributed by atoms with Gasteiger partial charge in [0.25, 0.3) is 11.8 Å². The van der Waals surface area contributed by atoms with Crippen molar-refractivity contribution in [2.24, 2.45) is 23.7 Å². The highest BCUT2D eigenvalue weighted by Gasteiger charge is 2.47. The molecule has 8 heterocycles. The van der Waals surface area contributed by atoms with Crippen molar-refractivity contribution in [3.05, 3.63) is 71.8 Å². The number of morpholine rings is 2. The van der Waals surface area contributed by atoms with Crippen LogP contribution in [0.15, 0.2) is 60.7 Å². The molecule has 0 spiro atoms. The lowest BCUT2D eigenvalue weighted by Gasteiger charge is -2.29. The van der Waals surface area contributed by atoms with Crippen LogP contribution in [-0.4, -0.2) is 161 Å². The third kappa shape index (κ3) is 14.4. The van der Waals surface area contributed by atoms with Crippen molar-refractivity contribution in [3.63, 3.8) is 0 Å². The number of nitrogens with one attached hydrogen (secondary N) is 2. The summed E-state index contributed by atoms with van der Waals surface area (Å²) in [6.07, 6.45) is -9.69. The summed E-state index contributed by atoms with van der Waals surface area (Å²) in [5.41, 5.74) is 5.96. The molecule has 0 aliphatic carbocycles. The van der Waals surface area contributed by atoms with Crippen LogP contribution in [0.4, 0.5) is 88.1 Å². The second-order valence-corrected chi connectivity index (χ2v) is 22.2. The fourth-order valence-electron chi connectivity index (χ4n) is 11.2. The molecule has 436 valence electrons. The fraction of sp³-hybridized carbons (Fsp3) is 0.571. The number of halogens is 10. The van der Waals surface area contributed by atoms with Gasteiger partial charge in [0, 0.05) is 101 Å². The summed E-state index contributed by atoms with van der Waals surface area (Å²) in [5, 5.41) is 5.64. The molecule has 24 heteroatoms. The van der Waals surface area contributed by atoms with E-state index in [1.54, 1.807) is 46.2 Å². The van der Waals surface area contributed by atoms with Crippen LogP contribution in [0.5, 0.6) is 0 Å². The molecule has 10 rings (SSSR count). The number of nitrogens with zero attached hydrogens (tertiary/aromatic N) is 8. The summed E-state index contributed by atoms with van der Waals surface area (Å²) in [5.74, 6) is -6.17. The smallest absolute Gasteiger partial charge is 0.378 e. The number of carbonyl (C=O) groups excluding carboxylic acids is 2. The number of alkyl halides is 10. The van der Waals surface area contributed by atoms with Gasteiger partial charge in [-0.05, 0) is 120 Å². The molecule has 6 saturated heterocycles. The van der Waals surface area contributed by atoms with Crippen molar-refractivity contribution >= 4 is 46.7 Å². The summed E-state index contributed by atoms with van der Waals surface area (Å²) < 4.78 is 145. The van der Waals surface area contributed by atoms with Crippen LogP contribution in [-0.2, 0) is 9.47 Å². The van der Waals surface area contributed by atoms with Crippen LogP contribution >= 0.6 is 0 Å². The molecule has 4 atom stereocenters. The molecule has 6 fully saturated rings. The third-order valence-corrected chi connectivity index (χ3v) is 15.9. The monoisotopic (exact) mass is 1130 g/mol. The lowest BCUT2D eigenvalue weighted by Crippen LogP contribution is -2.37. The molecule has 2 N–H and O–H groups in total. The van der Waals surface area contributed by atoms with E-state index in [4.69, 9.17) is 19.4 Å². The number of likely N-dealkylation sites (tertiary alicyclic amines) is 2. The van der Waals surface area contributed by atoms with Crippen LogP contribution in [0.25, 0.3) is 22.3 Å². The lowest BCUT2D eigenvalue weighted by molar-refractivity contribution is -0.144. The van der Waals surface area contributed by atoms with Gasteiger partial charge in [-0.2, -0.15) is 26.3 Å². The fourth-order valence-corrected chi connectivity index (χ4v) is 11.2. The molecule has 0 saturated carbocycles. The molecule has 2 aromatic carbocycles. The van der Waals surface area contributed by atoms with Crippen molar-refractivity contribution < 1.29 is 63.0 Å². The number of benzene rings is 2. The molecule has 4 amide bonds. The zero-order valence-corrected chi connectivity index (χ0v) is 45.2. The number of aromatic nitrogens is 2. The highest BCUT2D eigenvalue weighted by Crippen LogP contribution is 2.41. The van der Waals surface area contributed by atoms with Gasteiger partial charge in [-0.3, -0.25) is 0 Å². The van der Waals surface area contributed by atoms with Crippen LogP contribution in [0.3, 0.4) is 0 Å². The van der Waals surface area contributed by atoms with E-state index in [1.165, 1.54) is 23.6 Å². The van der Waals surface area contributed by atoms with Gasteiger partial charge in [0.15, 0.2) is 0 Å². The Bertz CT molecular complexity index is 2660. The summed E-state index contributed by atoms with van der Waals surface area (Å²) in [4.78, 5) is 45.4. The molecule has 0 radical (unpaired) electrons. The van der Waals surface area contributed by atoms with Gasteiger partial charge in [0.2, 0.25) is 0 Å². The number of anilines is 6. The minimum atomic E-state index is -4.25. The average Bonchev–Trinajstić information content (AvgIpc) is 4.20. The van der Waals surface area contributed by atoms with E-state index in [9.17, 15) is 53.5 Å². The maximum Gasteiger partial charge on any atom is 0.389 e. The van der Waals surface area contributed by atoms with Crippen molar-refractivity contribution in [1.29, 1.82) is 0 Å². The number of hydrogen-bond acceptors (Lipinski definition) is 10. The number of rotatable bonds is 10. The highest BCUT2D eigenvalue weighted by molar-refractivity contribution is 5.92. The van der Waals surface area contributed by atoms with E-state index in [2.05, 4.69) is 20.4 Å². The molecule has 0 unspecified atom stereocenters. The second kappa shape index (κ2) is 23.7. The SMILES string of the molecule is Cc1ccc(NC(=O)N2CC[C@@H](CC(F)(F)F)C2)cc1-c1cc(N2CCOCC2)nc(N2C[C@@H](C)C(F)(F)C2)c1.Cc1ccc(NC(=O)N2CC[C@@H](CC(F)(F)F)C2)cc1-c1cc(N2CCOCC2)nc(N2C[C@H](C)C(F)(F)C2)c1. The van der Waals surface area contributed by atoms with Crippen molar-refractivity contribution in [1.82, 2.24) is 19.8 Å². The van der Waals surface area contributed by atoms with Gasteiger partial charge in [0.05, 0.1) is 39.5 Å². The molecule has 14 nitrogen and oxygen atoms in total. The Hall–Kier alpha value is -6.30. The minimum absolute atomic E-state index is 0.0551. The number of pyridine rings is 2. The van der Waals surface area contributed by atoms with Gasteiger partial charge in [-0.25, -0.2) is 37.1 Å². The summed E-state index contributed by atoms with van der Waals surface area (Å²) in [6.45, 7) is 11.8. The topological polar surface area (TPSA) is 122 Å². The number of amides is 4. The maximum absolute atomic E-state index is 14.4. The number of urea groups is 2. The van der Waals surface area contributed by atoms with E-state index in [0.29, 0.717) is 100 Å². The predicted molar refractivity (Wildman–Crippen MR) is 286 cm³/mol. The van der Waals surface area contributed by atoms with Crippen LogP contribution in [0.2, 0.25) is 0 Å². The minimum Gasteiger partial charge on any atom is -0.378 e. The van der Waals surface area contributed by atoms with Crippen LogP contribution in [0.1, 0.15) is 50.7 Å². The first-order chi connectivity index (χ1) is 37.8. The van der Waals surface area contributed by atoms with Crippen LogP contribution in [0, 0.1) is 37.5 Å². The molecular weight excluding hydrogens is 1070 g/mol. The zero-order chi connectivity index (χ0) is 57.3. The number of ether oxygens (including phenoxy) is 2. The zero-order valence-electron chi connectivity index (χ0n) is 45.2. The van der Waals surface area contributed by atoms with Gasteiger partial charge >= 0.3 is 24.4 Å². The summed E-state index contributed by atoms with van der Waals surface area (Å²) in [7, 11) is 0. The van der Waals surface area contributed by atoms with Crippen molar-refractivity contribution in [2.75, 3.05) is 135 Å². The van der Waals surface area contributed by atoms with E-state index >= 15 is 0 Å². The van der Waals surface area contributed by atoms with Gasteiger partial charge in [-0.1, -0.05) is 26.0 Å². The summed E-state index contributed by atoms with van der Waals surface area (Å²) in [6, 6.07) is 17.3.